The quantitative estimate of drug-likeness (QED) is 0.683. The molecule has 0 aliphatic carbocycles. The Balaban J connectivity index is 2.43. The molecule has 0 aromatic heterocycles. The minimum Gasteiger partial charge on any atom is -0.465 e. The van der Waals surface area contributed by atoms with Gasteiger partial charge in [0.25, 0.3) is 0 Å². The molecule has 2 aromatic rings. The van der Waals surface area contributed by atoms with Gasteiger partial charge in [0.2, 0.25) is 0 Å². The van der Waals surface area contributed by atoms with Gasteiger partial charge >= 0.3 is 5.97 Å². The molecule has 2 aromatic carbocycles. The van der Waals surface area contributed by atoms with Crippen molar-refractivity contribution in [2.45, 2.75) is 0 Å². The van der Waals surface area contributed by atoms with Crippen LogP contribution in [-0.2, 0) is 4.74 Å². The monoisotopic (exact) mass is 339 g/mol. The van der Waals surface area contributed by atoms with Crippen LogP contribution in [0, 0.1) is 5.82 Å². The van der Waals surface area contributed by atoms with Gasteiger partial charge in [0, 0.05) is 11.8 Å². The van der Waals surface area contributed by atoms with Crippen LogP contribution in [0.1, 0.15) is 10.4 Å². The molecule has 0 aliphatic rings. The maximum absolute atomic E-state index is 13.2. The molecule has 6 heteroatoms. The Hall–Kier alpha value is -2.08. The molecular weight excluding hydrogens is 329 g/mol. The second-order valence-electron chi connectivity index (χ2n) is 3.92. The van der Waals surface area contributed by atoms with Crippen molar-refractivity contribution in [3.63, 3.8) is 0 Å². The second kappa shape index (κ2) is 5.92. The number of nitrogens with two attached hydrogens (primary N) is 1. The van der Waals surface area contributed by atoms with Crippen LogP contribution in [0.25, 0.3) is 0 Å². The van der Waals surface area contributed by atoms with E-state index in [0.717, 1.165) is 0 Å². The van der Waals surface area contributed by atoms with Gasteiger partial charge in [0.1, 0.15) is 22.9 Å². The Morgan fingerprint density at radius 1 is 1.20 bits per heavy atom. The second-order valence-corrected chi connectivity index (χ2v) is 4.78. The third-order valence-corrected chi connectivity index (χ3v) is 3.18. The first-order valence-corrected chi connectivity index (χ1v) is 6.41. The molecular formula is C14H11BrFNO3. The van der Waals surface area contributed by atoms with E-state index in [2.05, 4.69) is 20.7 Å². The number of esters is 1. The smallest absolute Gasteiger partial charge is 0.341 e. The van der Waals surface area contributed by atoms with Crippen molar-refractivity contribution in [1.82, 2.24) is 0 Å². The molecule has 0 aliphatic heterocycles. The van der Waals surface area contributed by atoms with E-state index < -0.39 is 11.8 Å². The van der Waals surface area contributed by atoms with Crippen molar-refractivity contribution >= 4 is 27.6 Å². The molecule has 20 heavy (non-hydrogen) atoms. The molecule has 0 atom stereocenters. The number of methoxy groups -OCH3 is 1. The van der Waals surface area contributed by atoms with E-state index in [-0.39, 0.29) is 17.1 Å². The highest BCUT2D eigenvalue weighted by molar-refractivity contribution is 9.10. The van der Waals surface area contributed by atoms with Crippen LogP contribution in [0.2, 0.25) is 0 Å². The van der Waals surface area contributed by atoms with Gasteiger partial charge < -0.3 is 15.2 Å². The maximum Gasteiger partial charge on any atom is 0.341 e. The highest BCUT2D eigenvalue weighted by Gasteiger charge is 2.15. The summed E-state index contributed by atoms with van der Waals surface area (Å²) in [5.41, 5.74) is 6.20. The van der Waals surface area contributed by atoms with E-state index in [0.29, 0.717) is 10.2 Å². The number of anilines is 1. The first-order valence-electron chi connectivity index (χ1n) is 5.62. The number of ether oxygens (including phenoxy) is 2. The Morgan fingerprint density at radius 3 is 2.65 bits per heavy atom. The van der Waals surface area contributed by atoms with Crippen LogP contribution in [-0.4, -0.2) is 13.1 Å². The Labute approximate surface area is 123 Å². The molecule has 0 bridgehead atoms. The molecule has 0 fully saturated rings. The largest absolute Gasteiger partial charge is 0.465 e. The lowest BCUT2D eigenvalue weighted by Crippen LogP contribution is -2.05. The number of benzene rings is 2. The number of halogens is 2. The SMILES string of the molecule is COC(=O)c1cc(N)ccc1Oc1cc(F)ccc1Br. The lowest BCUT2D eigenvalue weighted by molar-refractivity contribution is 0.0598. The summed E-state index contributed by atoms with van der Waals surface area (Å²) >= 11 is 3.25. The summed E-state index contributed by atoms with van der Waals surface area (Å²) in [7, 11) is 1.26. The molecule has 2 N–H and O–H groups in total. The number of rotatable bonds is 3. The van der Waals surface area contributed by atoms with Crippen LogP contribution >= 0.6 is 15.9 Å². The van der Waals surface area contributed by atoms with E-state index in [4.69, 9.17) is 10.5 Å². The fourth-order valence-corrected chi connectivity index (χ4v) is 1.91. The van der Waals surface area contributed by atoms with Crippen molar-refractivity contribution in [1.29, 1.82) is 0 Å². The average Bonchev–Trinajstić information content (AvgIpc) is 2.43. The van der Waals surface area contributed by atoms with Gasteiger partial charge in [-0.3, -0.25) is 0 Å². The van der Waals surface area contributed by atoms with Crippen LogP contribution in [0.3, 0.4) is 0 Å². The van der Waals surface area contributed by atoms with Crippen LogP contribution in [0.15, 0.2) is 40.9 Å². The predicted octanol–water partition coefficient (Wildman–Crippen LogP) is 3.75. The van der Waals surface area contributed by atoms with Crippen LogP contribution in [0.4, 0.5) is 10.1 Å². The summed E-state index contributed by atoms with van der Waals surface area (Å²) in [6.07, 6.45) is 0. The number of carbonyl (C=O) groups is 1. The van der Waals surface area contributed by atoms with Gasteiger partial charge in [-0.2, -0.15) is 0 Å². The molecule has 0 unspecified atom stereocenters. The van der Waals surface area contributed by atoms with Gasteiger partial charge in [-0.05, 0) is 46.3 Å². The predicted molar refractivity (Wildman–Crippen MR) is 76.4 cm³/mol. The summed E-state index contributed by atoms with van der Waals surface area (Å²) in [6.45, 7) is 0. The molecule has 0 amide bonds. The van der Waals surface area contributed by atoms with Crippen molar-refractivity contribution in [2.24, 2.45) is 0 Å². The van der Waals surface area contributed by atoms with Crippen LogP contribution in [0.5, 0.6) is 11.5 Å². The van der Waals surface area contributed by atoms with Crippen molar-refractivity contribution in [2.75, 3.05) is 12.8 Å². The summed E-state index contributed by atoms with van der Waals surface area (Å²) in [6, 6.07) is 8.56. The normalized spacial score (nSPS) is 10.2. The number of hydrogen-bond donors (Lipinski definition) is 1. The summed E-state index contributed by atoms with van der Waals surface area (Å²) in [5, 5.41) is 0. The van der Waals surface area contributed by atoms with E-state index in [9.17, 15) is 9.18 Å². The zero-order chi connectivity index (χ0) is 14.7. The standard InChI is InChI=1S/C14H11BrFNO3/c1-19-14(18)10-7-9(17)3-5-12(10)20-13-6-8(16)2-4-11(13)15/h2-7H,17H2,1H3. The highest BCUT2D eigenvalue weighted by atomic mass is 79.9. The minimum atomic E-state index is -0.583. The highest BCUT2D eigenvalue weighted by Crippen LogP contribution is 2.33. The zero-order valence-corrected chi connectivity index (χ0v) is 12.1. The van der Waals surface area contributed by atoms with E-state index in [1.54, 1.807) is 6.07 Å². The first-order chi connectivity index (χ1) is 9.51. The molecule has 4 nitrogen and oxygen atoms in total. The molecule has 0 spiro atoms. The van der Waals surface area contributed by atoms with Crippen LogP contribution < -0.4 is 10.5 Å². The molecule has 0 radical (unpaired) electrons. The lowest BCUT2D eigenvalue weighted by atomic mass is 10.2. The molecule has 2 rings (SSSR count). The number of hydrogen-bond acceptors (Lipinski definition) is 4. The van der Waals surface area contributed by atoms with Gasteiger partial charge in [0.15, 0.2) is 0 Å². The minimum absolute atomic E-state index is 0.170. The zero-order valence-electron chi connectivity index (χ0n) is 10.5. The summed E-state index contributed by atoms with van der Waals surface area (Å²) in [4.78, 5) is 11.7. The lowest BCUT2D eigenvalue weighted by Gasteiger charge is -2.12. The van der Waals surface area contributed by atoms with Gasteiger partial charge in [-0.1, -0.05) is 0 Å². The molecule has 0 saturated heterocycles. The topological polar surface area (TPSA) is 61.5 Å². The Morgan fingerprint density at radius 2 is 1.95 bits per heavy atom. The average molecular weight is 340 g/mol. The van der Waals surface area contributed by atoms with Crippen molar-refractivity contribution in [3.05, 3.63) is 52.3 Å². The molecule has 0 saturated carbocycles. The molecule has 0 heterocycles. The van der Waals surface area contributed by atoms with Crippen molar-refractivity contribution in [3.8, 4) is 11.5 Å². The fraction of sp³-hybridized carbons (Fsp3) is 0.0714. The Bertz CT molecular complexity index is 661. The van der Waals surface area contributed by atoms with Crippen molar-refractivity contribution < 1.29 is 18.7 Å². The van der Waals surface area contributed by atoms with Gasteiger partial charge in [-0.15, -0.1) is 0 Å². The van der Waals surface area contributed by atoms with E-state index >= 15 is 0 Å². The van der Waals surface area contributed by atoms with E-state index in [1.807, 2.05) is 0 Å². The third kappa shape index (κ3) is 3.08. The number of carbonyl (C=O) groups excluding carboxylic acids is 1. The van der Waals surface area contributed by atoms with Gasteiger partial charge in [0.05, 0.1) is 11.6 Å². The summed E-state index contributed by atoms with van der Waals surface area (Å²) < 4.78 is 24.0. The Kier molecular flexibility index (Phi) is 4.24. The first kappa shape index (κ1) is 14.3. The summed E-state index contributed by atoms with van der Waals surface area (Å²) in [5.74, 6) is -0.546. The van der Waals surface area contributed by atoms with E-state index in [1.165, 1.54) is 37.4 Å². The molecule has 104 valence electrons. The fourth-order valence-electron chi connectivity index (χ4n) is 1.58. The maximum atomic E-state index is 13.2. The van der Waals surface area contributed by atoms with Gasteiger partial charge in [-0.25, -0.2) is 9.18 Å². The number of nitrogen functional groups attached to an aromatic ring is 1. The third-order valence-electron chi connectivity index (χ3n) is 2.52.